The predicted molar refractivity (Wildman–Crippen MR) is 101 cm³/mol. The molecule has 0 N–H and O–H groups in total. The van der Waals surface area contributed by atoms with Crippen molar-refractivity contribution in [1.82, 2.24) is 14.5 Å². The minimum absolute atomic E-state index is 0.457. The summed E-state index contributed by atoms with van der Waals surface area (Å²) in [5, 5.41) is 1.97. The number of benzene rings is 1. The van der Waals surface area contributed by atoms with Crippen LogP contribution in [0.2, 0.25) is 5.02 Å². The van der Waals surface area contributed by atoms with Crippen LogP contribution in [-0.2, 0) is 19.6 Å². The van der Waals surface area contributed by atoms with E-state index in [0.717, 1.165) is 35.6 Å². The maximum absolute atomic E-state index is 12.6. The molecule has 0 unspecified atom stereocenters. The second-order valence-electron chi connectivity index (χ2n) is 6.48. The Morgan fingerprint density at radius 3 is 2.92 bits per heavy atom. The first kappa shape index (κ1) is 16.3. The second-order valence-corrected chi connectivity index (χ2v) is 6.91. The summed E-state index contributed by atoms with van der Waals surface area (Å²) in [6, 6.07) is 9.67. The van der Waals surface area contributed by atoms with Crippen molar-refractivity contribution in [2.75, 3.05) is 13.6 Å². The van der Waals surface area contributed by atoms with Gasteiger partial charge in [0.1, 0.15) is 6.67 Å². The quantitative estimate of drug-likeness (QED) is 0.674. The monoisotopic (exact) mass is 355 g/mol. The lowest BCUT2D eigenvalue weighted by Gasteiger charge is -2.23. The molecule has 0 fully saturated rings. The first-order chi connectivity index (χ1) is 12.2. The van der Waals surface area contributed by atoms with E-state index in [2.05, 4.69) is 39.8 Å². The molecule has 2 aromatic heterocycles. The molecule has 3 nitrogen and oxygen atoms in total. The third kappa shape index (κ3) is 3.08. The SMILES string of the molecule is CN1CCc2c(c3cc(Cl)ccc3n2/C=C/c2ccc(CF)nc2)C1. The number of fused-ring (bicyclic) bond motifs is 3. The predicted octanol–water partition coefficient (Wildman–Crippen LogP) is 4.78. The third-order valence-corrected chi connectivity index (χ3v) is 4.98. The number of rotatable bonds is 3. The van der Waals surface area contributed by atoms with Crippen molar-refractivity contribution in [1.29, 1.82) is 0 Å². The summed E-state index contributed by atoms with van der Waals surface area (Å²) in [5.41, 5.74) is 5.25. The van der Waals surface area contributed by atoms with Crippen molar-refractivity contribution < 1.29 is 4.39 Å². The molecule has 3 aromatic rings. The van der Waals surface area contributed by atoms with Crippen LogP contribution >= 0.6 is 11.6 Å². The Bertz CT molecular complexity index is 944. The highest BCUT2D eigenvalue weighted by Crippen LogP contribution is 2.32. The number of hydrogen-bond donors (Lipinski definition) is 0. The Hall–Kier alpha value is -2.17. The van der Waals surface area contributed by atoms with Crippen molar-refractivity contribution in [3.63, 3.8) is 0 Å². The molecule has 0 radical (unpaired) electrons. The molecule has 0 saturated carbocycles. The van der Waals surface area contributed by atoms with E-state index < -0.39 is 6.67 Å². The van der Waals surface area contributed by atoms with E-state index in [0.29, 0.717) is 5.69 Å². The molecule has 25 heavy (non-hydrogen) atoms. The van der Waals surface area contributed by atoms with Crippen LogP contribution in [0.1, 0.15) is 22.5 Å². The summed E-state index contributed by atoms with van der Waals surface area (Å²) >= 11 is 6.23. The summed E-state index contributed by atoms with van der Waals surface area (Å²) in [7, 11) is 2.14. The topological polar surface area (TPSA) is 21.1 Å². The van der Waals surface area contributed by atoms with Gasteiger partial charge in [0.15, 0.2) is 0 Å². The normalized spacial score (nSPS) is 15.2. The number of nitrogens with zero attached hydrogens (tertiary/aromatic N) is 3. The maximum atomic E-state index is 12.6. The van der Waals surface area contributed by atoms with Crippen LogP contribution in [0.5, 0.6) is 0 Å². The fourth-order valence-corrected chi connectivity index (χ4v) is 3.62. The molecular weight excluding hydrogens is 337 g/mol. The zero-order valence-electron chi connectivity index (χ0n) is 14.0. The van der Waals surface area contributed by atoms with Crippen LogP contribution in [-0.4, -0.2) is 28.0 Å². The van der Waals surface area contributed by atoms with E-state index in [-0.39, 0.29) is 0 Å². The summed E-state index contributed by atoms with van der Waals surface area (Å²) in [6.07, 6.45) is 6.80. The average Bonchev–Trinajstić information content (AvgIpc) is 2.92. The van der Waals surface area contributed by atoms with Crippen LogP contribution in [0.25, 0.3) is 23.2 Å². The van der Waals surface area contributed by atoms with Crippen molar-refractivity contribution in [3.8, 4) is 0 Å². The van der Waals surface area contributed by atoms with Gasteiger partial charge in [0.25, 0.3) is 0 Å². The number of hydrogen-bond acceptors (Lipinski definition) is 2. The van der Waals surface area contributed by atoms with E-state index in [1.165, 1.54) is 16.6 Å². The highest BCUT2D eigenvalue weighted by molar-refractivity contribution is 6.31. The minimum atomic E-state index is -0.534. The van der Waals surface area contributed by atoms with Gasteiger partial charge in [-0.3, -0.25) is 4.98 Å². The summed E-state index contributed by atoms with van der Waals surface area (Å²) in [6.45, 7) is 1.44. The van der Waals surface area contributed by atoms with Crippen LogP contribution in [0, 0.1) is 0 Å². The Kier molecular flexibility index (Phi) is 4.32. The fourth-order valence-electron chi connectivity index (χ4n) is 3.44. The molecule has 1 aliphatic heterocycles. The van der Waals surface area contributed by atoms with Crippen LogP contribution in [0.3, 0.4) is 0 Å². The van der Waals surface area contributed by atoms with Crippen molar-refractivity contribution >= 4 is 34.8 Å². The second kappa shape index (κ2) is 6.62. The van der Waals surface area contributed by atoms with Gasteiger partial charge >= 0.3 is 0 Å². The van der Waals surface area contributed by atoms with Crippen molar-refractivity contribution in [3.05, 3.63) is 64.1 Å². The lowest BCUT2D eigenvalue weighted by Crippen LogP contribution is -2.26. The number of alkyl halides is 1. The van der Waals surface area contributed by atoms with Crippen LogP contribution in [0.4, 0.5) is 4.39 Å². The van der Waals surface area contributed by atoms with Gasteiger partial charge in [0.05, 0.1) is 11.2 Å². The maximum Gasteiger partial charge on any atom is 0.131 e. The summed E-state index contributed by atoms with van der Waals surface area (Å²) in [4.78, 5) is 6.44. The number of pyridine rings is 1. The van der Waals surface area contributed by atoms with Gasteiger partial charge in [-0.15, -0.1) is 0 Å². The Balaban J connectivity index is 1.79. The zero-order chi connectivity index (χ0) is 17.4. The van der Waals surface area contributed by atoms with Crippen molar-refractivity contribution in [2.45, 2.75) is 19.6 Å². The van der Waals surface area contributed by atoms with E-state index in [9.17, 15) is 4.39 Å². The molecule has 0 atom stereocenters. The molecule has 4 rings (SSSR count). The summed E-state index contributed by atoms with van der Waals surface area (Å²) in [5.74, 6) is 0. The molecule has 0 aliphatic carbocycles. The largest absolute Gasteiger partial charge is 0.320 e. The van der Waals surface area contributed by atoms with Gasteiger partial charge in [0.2, 0.25) is 0 Å². The molecule has 1 aromatic carbocycles. The molecule has 0 saturated heterocycles. The molecule has 0 spiro atoms. The van der Waals surface area contributed by atoms with Gasteiger partial charge in [-0.25, -0.2) is 4.39 Å². The average molecular weight is 356 g/mol. The fraction of sp³-hybridized carbons (Fsp3) is 0.250. The third-order valence-electron chi connectivity index (χ3n) is 4.74. The Morgan fingerprint density at radius 1 is 1.28 bits per heavy atom. The summed E-state index contributed by atoms with van der Waals surface area (Å²) < 4.78 is 14.8. The molecule has 0 amide bonds. The number of halogens is 2. The van der Waals surface area contributed by atoms with Gasteiger partial charge in [0, 0.05) is 48.0 Å². The van der Waals surface area contributed by atoms with Gasteiger partial charge in [-0.2, -0.15) is 0 Å². The first-order valence-electron chi connectivity index (χ1n) is 8.34. The molecule has 0 bridgehead atoms. The lowest BCUT2D eigenvalue weighted by atomic mass is 10.1. The Morgan fingerprint density at radius 2 is 2.16 bits per heavy atom. The van der Waals surface area contributed by atoms with Gasteiger partial charge in [-0.1, -0.05) is 17.7 Å². The lowest BCUT2D eigenvalue weighted by molar-refractivity contribution is 0.312. The number of aromatic nitrogens is 2. The first-order valence-corrected chi connectivity index (χ1v) is 8.72. The molecule has 5 heteroatoms. The van der Waals surface area contributed by atoms with Crippen LogP contribution < -0.4 is 0 Å². The molecule has 128 valence electrons. The molecule has 1 aliphatic rings. The van der Waals surface area contributed by atoms with Gasteiger partial charge in [-0.05, 0) is 48.5 Å². The smallest absolute Gasteiger partial charge is 0.131 e. The van der Waals surface area contributed by atoms with E-state index in [1.807, 2.05) is 18.2 Å². The minimum Gasteiger partial charge on any atom is -0.320 e. The van der Waals surface area contributed by atoms with Crippen LogP contribution in [0.15, 0.2) is 36.5 Å². The van der Waals surface area contributed by atoms with Crippen molar-refractivity contribution in [2.24, 2.45) is 0 Å². The van der Waals surface area contributed by atoms with E-state index in [1.54, 1.807) is 12.3 Å². The highest BCUT2D eigenvalue weighted by atomic mass is 35.5. The Labute approximate surface area is 151 Å². The zero-order valence-corrected chi connectivity index (χ0v) is 14.8. The van der Waals surface area contributed by atoms with E-state index in [4.69, 9.17) is 11.6 Å². The van der Waals surface area contributed by atoms with E-state index >= 15 is 0 Å². The van der Waals surface area contributed by atoms with Gasteiger partial charge < -0.3 is 9.47 Å². The number of likely N-dealkylation sites (N-methyl/N-ethyl adjacent to an activating group) is 1. The standard InChI is InChI=1S/C20H19ClFN3/c1-24-8-7-20-18(13-24)17-10-15(21)3-5-19(17)25(20)9-6-14-2-4-16(11-22)23-12-14/h2-6,9-10,12H,7-8,11,13H2,1H3/b9-6+. The molecule has 3 heterocycles. The molecular formula is C20H19ClFN3. The highest BCUT2D eigenvalue weighted by Gasteiger charge is 2.21.